The van der Waals surface area contributed by atoms with Gasteiger partial charge < -0.3 is 14.4 Å². The van der Waals surface area contributed by atoms with Gasteiger partial charge in [-0.25, -0.2) is 9.59 Å². The first-order chi connectivity index (χ1) is 10.3. The zero-order chi connectivity index (χ0) is 16.7. The highest BCUT2D eigenvalue weighted by Gasteiger charge is 2.21. The van der Waals surface area contributed by atoms with Crippen molar-refractivity contribution in [2.24, 2.45) is 0 Å². The van der Waals surface area contributed by atoms with E-state index in [1.165, 1.54) is 4.90 Å². The number of amides is 1. The normalized spacial score (nSPS) is 13.1. The fraction of sp³-hybridized carbons (Fsp3) is 0.500. The third-order valence-electron chi connectivity index (χ3n) is 3.26. The molecule has 0 N–H and O–H groups in total. The van der Waals surface area contributed by atoms with Crippen LogP contribution in [0.15, 0.2) is 24.3 Å². The first-order valence-electron chi connectivity index (χ1n) is 7.21. The smallest absolute Gasteiger partial charge is 0.409 e. The molecule has 0 aromatic heterocycles. The molecule has 1 aromatic carbocycles. The summed E-state index contributed by atoms with van der Waals surface area (Å²) in [6.45, 7) is 5.75. The van der Waals surface area contributed by atoms with Crippen LogP contribution in [0.5, 0.6) is 0 Å². The Morgan fingerprint density at radius 1 is 1.32 bits per heavy atom. The van der Waals surface area contributed by atoms with Gasteiger partial charge in [0.1, 0.15) is 6.10 Å². The van der Waals surface area contributed by atoms with Gasteiger partial charge in [-0.1, -0.05) is 17.7 Å². The Kier molecular flexibility index (Phi) is 7.18. The number of carbonyl (C=O) groups excluding carboxylic acids is 2. The van der Waals surface area contributed by atoms with Crippen LogP contribution in [-0.4, -0.2) is 42.8 Å². The highest BCUT2D eigenvalue weighted by atomic mass is 35.5. The van der Waals surface area contributed by atoms with Crippen LogP contribution >= 0.6 is 11.6 Å². The van der Waals surface area contributed by atoms with E-state index in [-0.39, 0.29) is 18.2 Å². The monoisotopic (exact) mass is 327 g/mol. The van der Waals surface area contributed by atoms with Gasteiger partial charge in [0.05, 0.1) is 12.2 Å². The second-order valence-corrected chi connectivity index (χ2v) is 5.56. The van der Waals surface area contributed by atoms with Crippen molar-refractivity contribution in [3.63, 3.8) is 0 Å². The van der Waals surface area contributed by atoms with Gasteiger partial charge in [-0.2, -0.15) is 0 Å². The molecule has 0 fully saturated rings. The molecule has 1 rings (SSSR count). The Morgan fingerprint density at radius 3 is 2.59 bits per heavy atom. The Hall–Kier alpha value is -1.75. The topological polar surface area (TPSA) is 55.8 Å². The minimum absolute atomic E-state index is 0.110. The van der Waals surface area contributed by atoms with Gasteiger partial charge >= 0.3 is 12.1 Å². The maximum Gasteiger partial charge on any atom is 0.409 e. The van der Waals surface area contributed by atoms with E-state index < -0.39 is 5.97 Å². The number of benzene rings is 1. The summed E-state index contributed by atoms with van der Waals surface area (Å²) >= 11 is 5.85. The van der Waals surface area contributed by atoms with Crippen molar-refractivity contribution in [1.82, 2.24) is 4.90 Å². The third-order valence-corrected chi connectivity index (χ3v) is 3.49. The molecule has 0 aliphatic heterocycles. The maximum atomic E-state index is 12.0. The predicted octanol–water partition coefficient (Wildman–Crippen LogP) is 3.75. The molecular weight excluding hydrogens is 306 g/mol. The average molecular weight is 328 g/mol. The minimum Gasteiger partial charge on any atom is -0.459 e. The Balaban J connectivity index is 2.53. The maximum absolute atomic E-state index is 12.0. The quantitative estimate of drug-likeness (QED) is 0.747. The molecule has 0 radical (unpaired) electrons. The lowest BCUT2D eigenvalue weighted by atomic mass is 10.1. The highest BCUT2D eigenvalue weighted by Crippen LogP contribution is 2.14. The zero-order valence-corrected chi connectivity index (χ0v) is 14.1. The summed E-state index contributed by atoms with van der Waals surface area (Å²) < 4.78 is 10.3. The summed E-state index contributed by atoms with van der Waals surface area (Å²) in [4.78, 5) is 25.1. The first-order valence-corrected chi connectivity index (χ1v) is 7.59. The third kappa shape index (κ3) is 5.56. The summed E-state index contributed by atoms with van der Waals surface area (Å²) in [6.07, 6.45) is -0.205. The second-order valence-electron chi connectivity index (χ2n) is 5.12. The van der Waals surface area contributed by atoms with E-state index in [1.54, 1.807) is 45.2 Å². The van der Waals surface area contributed by atoms with Gasteiger partial charge in [0.15, 0.2) is 0 Å². The van der Waals surface area contributed by atoms with Crippen LogP contribution in [0.25, 0.3) is 0 Å². The number of carbonyl (C=O) groups is 2. The van der Waals surface area contributed by atoms with Crippen LogP contribution in [0, 0.1) is 0 Å². The van der Waals surface area contributed by atoms with Gasteiger partial charge in [0, 0.05) is 24.5 Å². The van der Waals surface area contributed by atoms with E-state index in [0.29, 0.717) is 23.6 Å². The lowest BCUT2D eigenvalue weighted by Crippen LogP contribution is -2.38. The first kappa shape index (κ1) is 18.3. The molecule has 1 aromatic rings. The number of hydrogen-bond donors (Lipinski definition) is 0. The van der Waals surface area contributed by atoms with Gasteiger partial charge in [0.2, 0.25) is 0 Å². The van der Waals surface area contributed by atoms with E-state index in [4.69, 9.17) is 21.1 Å². The molecule has 22 heavy (non-hydrogen) atoms. The van der Waals surface area contributed by atoms with Crippen LogP contribution < -0.4 is 0 Å². The molecule has 122 valence electrons. The zero-order valence-electron chi connectivity index (χ0n) is 13.3. The van der Waals surface area contributed by atoms with Crippen LogP contribution in [-0.2, 0) is 9.47 Å². The molecule has 2 atom stereocenters. The van der Waals surface area contributed by atoms with Crippen molar-refractivity contribution in [3.8, 4) is 0 Å². The van der Waals surface area contributed by atoms with Gasteiger partial charge in [-0.05, 0) is 39.0 Å². The van der Waals surface area contributed by atoms with Crippen molar-refractivity contribution < 1.29 is 19.1 Å². The fourth-order valence-corrected chi connectivity index (χ4v) is 2.15. The van der Waals surface area contributed by atoms with E-state index in [0.717, 1.165) is 0 Å². The molecule has 0 aliphatic rings. The minimum atomic E-state index is -0.430. The van der Waals surface area contributed by atoms with Gasteiger partial charge in [-0.15, -0.1) is 0 Å². The SMILES string of the molecule is CCOC(=O)N(C)C(C)CC(C)OC(=O)c1cccc(Cl)c1. The van der Waals surface area contributed by atoms with Crippen LogP contribution in [0.3, 0.4) is 0 Å². The van der Waals surface area contributed by atoms with E-state index in [2.05, 4.69) is 0 Å². The van der Waals surface area contributed by atoms with Crippen LogP contribution in [0.2, 0.25) is 5.02 Å². The van der Waals surface area contributed by atoms with E-state index in [1.807, 2.05) is 6.92 Å². The van der Waals surface area contributed by atoms with Gasteiger partial charge in [0.25, 0.3) is 0 Å². The molecule has 2 unspecified atom stereocenters. The molecule has 1 amide bonds. The molecule has 0 bridgehead atoms. The highest BCUT2D eigenvalue weighted by molar-refractivity contribution is 6.30. The Bertz CT molecular complexity index is 521. The summed E-state index contributed by atoms with van der Waals surface area (Å²) in [5, 5.41) is 0.484. The lowest BCUT2D eigenvalue weighted by molar-refractivity contribution is 0.0265. The molecular formula is C16H22ClNO4. The molecule has 0 heterocycles. The Labute approximate surface area is 136 Å². The summed E-state index contributed by atoms with van der Waals surface area (Å²) in [7, 11) is 1.66. The van der Waals surface area contributed by atoms with Crippen molar-refractivity contribution in [1.29, 1.82) is 0 Å². The number of hydrogen-bond acceptors (Lipinski definition) is 4. The average Bonchev–Trinajstić information content (AvgIpc) is 2.46. The van der Waals surface area contributed by atoms with E-state index >= 15 is 0 Å². The molecule has 0 aliphatic carbocycles. The van der Waals surface area contributed by atoms with Crippen LogP contribution in [0.4, 0.5) is 4.79 Å². The largest absolute Gasteiger partial charge is 0.459 e. The van der Waals surface area contributed by atoms with E-state index in [9.17, 15) is 9.59 Å². The van der Waals surface area contributed by atoms with Gasteiger partial charge in [-0.3, -0.25) is 0 Å². The van der Waals surface area contributed by atoms with Crippen molar-refractivity contribution in [2.75, 3.05) is 13.7 Å². The van der Waals surface area contributed by atoms with Crippen molar-refractivity contribution >= 4 is 23.7 Å². The number of halogens is 1. The molecule has 6 heteroatoms. The predicted molar refractivity (Wildman–Crippen MR) is 85.2 cm³/mol. The fourth-order valence-electron chi connectivity index (χ4n) is 1.96. The summed E-state index contributed by atoms with van der Waals surface area (Å²) in [6, 6.07) is 6.49. The molecule has 0 saturated carbocycles. The standard InChI is InChI=1S/C16H22ClNO4/c1-5-21-16(20)18(4)11(2)9-12(3)22-15(19)13-7-6-8-14(17)10-13/h6-8,10-12H,5,9H2,1-4H3. The summed E-state index contributed by atoms with van der Waals surface area (Å²) in [5.41, 5.74) is 0.408. The van der Waals surface area contributed by atoms with Crippen molar-refractivity contribution in [2.45, 2.75) is 39.3 Å². The van der Waals surface area contributed by atoms with Crippen LogP contribution in [0.1, 0.15) is 37.6 Å². The number of rotatable bonds is 6. The lowest BCUT2D eigenvalue weighted by Gasteiger charge is -2.26. The molecule has 0 saturated heterocycles. The molecule has 0 spiro atoms. The summed E-state index contributed by atoms with van der Waals surface area (Å²) in [5.74, 6) is -0.430. The number of ether oxygens (including phenoxy) is 2. The number of esters is 1. The Morgan fingerprint density at radius 2 is 2.00 bits per heavy atom. The second kappa shape index (κ2) is 8.63. The van der Waals surface area contributed by atoms with Crippen molar-refractivity contribution in [3.05, 3.63) is 34.9 Å². The number of nitrogens with zero attached hydrogens (tertiary/aromatic N) is 1. The molecule has 5 nitrogen and oxygen atoms in total.